The number of nitrogens with zero attached hydrogens (tertiary/aromatic N) is 1. The van der Waals surface area contributed by atoms with Crippen LogP contribution in [0.25, 0.3) is 0 Å². The third-order valence-corrected chi connectivity index (χ3v) is 4.94. The molecule has 0 aromatic heterocycles. The number of ether oxygens (including phenoxy) is 2. The second-order valence-corrected chi connectivity index (χ2v) is 6.48. The van der Waals surface area contributed by atoms with Crippen molar-refractivity contribution in [3.8, 4) is 0 Å². The van der Waals surface area contributed by atoms with E-state index >= 15 is 0 Å². The number of fused-ring (bicyclic) bond motifs is 2. The molecule has 0 aliphatic carbocycles. The first-order valence-electron chi connectivity index (χ1n) is 8.19. The highest BCUT2D eigenvalue weighted by atomic mass is 16.6. The van der Waals surface area contributed by atoms with E-state index in [-0.39, 0.29) is 6.10 Å². The SMILES string of the molecule is CC(=O)OC(C(=O)OC1CC2CCC(C1)N2C)c1ccccc1. The van der Waals surface area contributed by atoms with Gasteiger partial charge in [-0.2, -0.15) is 0 Å². The van der Waals surface area contributed by atoms with Gasteiger partial charge in [0.1, 0.15) is 6.10 Å². The minimum Gasteiger partial charge on any atom is -0.459 e. The number of benzene rings is 1. The molecular weight excluding hydrogens is 294 g/mol. The molecule has 0 spiro atoms. The molecule has 2 heterocycles. The number of carbonyl (C=O) groups is 2. The van der Waals surface area contributed by atoms with E-state index in [4.69, 9.17) is 9.47 Å². The van der Waals surface area contributed by atoms with Crippen molar-refractivity contribution >= 4 is 11.9 Å². The van der Waals surface area contributed by atoms with Crippen LogP contribution in [0.4, 0.5) is 0 Å². The number of hydrogen-bond donors (Lipinski definition) is 0. The van der Waals surface area contributed by atoms with Gasteiger partial charge in [0.05, 0.1) is 0 Å². The molecule has 3 rings (SSSR count). The van der Waals surface area contributed by atoms with Gasteiger partial charge < -0.3 is 14.4 Å². The fraction of sp³-hybridized carbons (Fsp3) is 0.556. The predicted octanol–water partition coefficient (Wildman–Crippen LogP) is 2.46. The van der Waals surface area contributed by atoms with Crippen LogP contribution in [0.5, 0.6) is 0 Å². The molecule has 2 bridgehead atoms. The Bertz CT molecular complexity index is 560. The van der Waals surface area contributed by atoms with Crippen molar-refractivity contribution in [2.45, 2.75) is 56.9 Å². The highest BCUT2D eigenvalue weighted by molar-refractivity contribution is 5.80. The average Bonchev–Trinajstić information content (AvgIpc) is 2.75. The predicted molar refractivity (Wildman–Crippen MR) is 84.6 cm³/mol. The van der Waals surface area contributed by atoms with Gasteiger partial charge >= 0.3 is 11.9 Å². The van der Waals surface area contributed by atoms with Crippen molar-refractivity contribution in [2.24, 2.45) is 0 Å². The fourth-order valence-electron chi connectivity index (χ4n) is 3.73. The van der Waals surface area contributed by atoms with E-state index in [1.807, 2.05) is 18.2 Å². The zero-order valence-electron chi connectivity index (χ0n) is 13.6. The third-order valence-electron chi connectivity index (χ3n) is 4.94. The zero-order valence-corrected chi connectivity index (χ0v) is 13.6. The molecule has 2 fully saturated rings. The van der Waals surface area contributed by atoms with Gasteiger partial charge in [-0.05, 0) is 32.7 Å². The van der Waals surface area contributed by atoms with E-state index in [1.165, 1.54) is 19.8 Å². The summed E-state index contributed by atoms with van der Waals surface area (Å²) in [6.07, 6.45) is 2.99. The van der Waals surface area contributed by atoms with Crippen LogP contribution >= 0.6 is 0 Å². The summed E-state index contributed by atoms with van der Waals surface area (Å²) < 4.78 is 10.9. The highest BCUT2D eigenvalue weighted by Crippen LogP contribution is 2.36. The fourth-order valence-corrected chi connectivity index (χ4v) is 3.73. The number of piperidine rings is 1. The summed E-state index contributed by atoms with van der Waals surface area (Å²) >= 11 is 0. The lowest BCUT2D eigenvalue weighted by Crippen LogP contribution is -2.43. The topological polar surface area (TPSA) is 55.8 Å². The third kappa shape index (κ3) is 3.55. The molecule has 0 radical (unpaired) electrons. The Labute approximate surface area is 136 Å². The van der Waals surface area contributed by atoms with Crippen LogP contribution in [-0.4, -0.2) is 42.1 Å². The summed E-state index contributed by atoms with van der Waals surface area (Å²) in [7, 11) is 2.14. The van der Waals surface area contributed by atoms with Crippen LogP contribution in [0.2, 0.25) is 0 Å². The molecule has 23 heavy (non-hydrogen) atoms. The van der Waals surface area contributed by atoms with E-state index in [2.05, 4.69) is 11.9 Å². The van der Waals surface area contributed by atoms with Crippen molar-refractivity contribution in [1.82, 2.24) is 4.90 Å². The van der Waals surface area contributed by atoms with Gasteiger partial charge in [0, 0.05) is 24.6 Å². The summed E-state index contributed by atoms with van der Waals surface area (Å²) in [6.45, 7) is 1.30. The summed E-state index contributed by atoms with van der Waals surface area (Å²) in [5.41, 5.74) is 0.642. The first-order chi connectivity index (χ1) is 11.0. The Morgan fingerprint density at radius 3 is 2.30 bits per heavy atom. The molecule has 1 aromatic rings. The second kappa shape index (κ2) is 6.71. The highest BCUT2D eigenvalue weighted by Gasteiger charge is 2.40. The molecule has 3 atom stereocenters. The van der Waals surface area contributed by atoms with Crippen molar-refractivity contribution in [3.05, 3.63) is 35.9 Å². The largest absolute Gasteiger partial charge is 0.459 e. The second-order valence-electron chi connectivity index (χ2n) is 6.48. The lowest BCUT2D eigenvalue weighted by molar-refractivity contribution is -0.173. The molecule has 2 aliphatic rings. The molecule has 2 saturated heterocycles. The molecule has 0 saturated carbocycles. The monoisotopic (exact) mass is 317 g/mol. The Kier molecular flexibility index (Phi) is 4.66. The first kappa shape index (κ1) is 16.0. The quantitative estimate of drug-likeness (QED) is 0.799. The molecule has 2 aliphatic heterocycles. The molecular formula is C18H23NO4. The van der Waals surface area contributed by atoms with Gasteiger partial charge in [0.2, 0.25) is 6.10 Å². The first-order valence-corrected chi connectivity index (χ1v) is 8.19. The van der Waals surface area contributed by atoms with Gasteiger partial charge in [0.25, 0.3) is 0 Å². The Hall–Kier alpha value is -1.88. The van der Waals surface area contributed by atoms with Crippen LogP contribution < -0.4 is 0 Å². The summed E-state index contributed by atoms with van der Waals surface area (Å²) in [5, 5.41) is 0. The smallest absolute Gasteiger partial charge is 0.352 e. The maximum atomic E-state index is 12.5. The lowest BCUT2D eigenvalue weighted by atomic mass is 10.0. The lowest BCUT2D eigenvalue weighted by Gasteiger charge is -2.36. The van der Waals surface area contributed by atoms with Gasteiger partial charge in [-0.25, -0.2) is 4.79 Å². The van der Waals surface area contributed by atoms with Crippen LogP contribution in [0.15, 0.2) is 30.3 Å². The van der Waals surface area contributed by atoms with Crippen LogP contribution in [0, 0.1) is 0 Å². The molecule has 5 nitrogen and oxygen atoms in total. The van der Waals surface area contributed by atoms with Gasteiger partial charge in [-0.3, -0.25) is 4.79 Å². The van der Waals surface area contributed by atoms with Crippen LogP contribution in [0.3, 0.4) is 0 Å². The number of esters is 2. The van der Waals surface area contributed by atoms with Crippen LogP contribution in [0.1, 0.15) is 44.3 Å². The average molecular weight is 317 g/mol. The molecule has 3 unspecified atom stereocenters. The Balaban J connectivity index is 1.68. The number of rotatable bonds is 4. The Morgan fingerprint density at radius 1 is 1.13 bits per heavy atom. The van der Waals surface area contributed by atoms with E-state index < -0.39 is 18.0 Å². The summed E-state index contributed by atoms with van der Waals surface area (Å²) in [5.74, 6) is -0.959. The maximum Gasteiger partial charge on any atom is 0.352 e. The summed E-state index contributed by atoms with van der Waals surface area (Å²) in [6, 6.07) is 10.0. The van der Waals surface area contributed by atoms with Gasteiger partial charge in [-0.15, -0.1) is 0 Å². The molecule has 5 heteroatoms. The molecule has 124 valence electrons. The minimum absolute atomic E-state index is 0.0852. The zero-order chi connectivity index (χ0) is 16.4. The number of carbonyl (C=O) groups excluding carboxylic acids is 2. The molecule has 1 aromatic carbocycles. The van der Waals surface area contributed by atoms with E-state index in [0.717, 1.165) is 12.8 Å². The number of hydrogen-bond acceptors (Lipinski definition) is 5. The van der Waals surface area contributed by atoms with Gasteiger partial charge in [-0.1, -0.05) is 30.3 Å². The van der Waals surface area contributed by atoms with Crippen molar-refractivity contribution in [2.75, 3.05) is 7.05 Å². The minimum atomic E-state index is -0.981. The maximum absolute atomic E-state index is 12.5. The molecule has 0 N–H and O–H groups in total. The molecule has 0 amide bonds. The van der Waals surface area contributed by atoms with Crippen LogP contribution in [-0.2, 0) is 19.1 Å². The van der Waals surface area contributed by atoms with Crippen molar-refractivity contribution in [3.63, 3.8) is 0 Å². The Morgan fingerprint density at radius 2 is 1.74 bits per heavy atom. The van der Waals surface area contributed by atoms with E-state index in [0.29, 0.717) is 17.6 Å². The van der Waals surface area contributed by atoms with Crippen molar-refractivity contribution < 1.29 is 19.1 Å². The standard InChI is InChI=1S/C18H23NO4/c1-12(20)22-17(13-6-4-3-5-7-13)18(21)23-16-10-14-8-9-15(11-16)19(14)2/h3-7,14-17H,8-11H2,1-2H3. The van der Waals surface area contributed by atoms with Gasteiger partial charge in [0.15, 0.2) is 0 Å². The normalized spacial score (nSPS) is 28.2. The summed E-state index contributed by atoms with van der Waals surface area (Å²) in [4.78, 5) is 26.3. The van der Waals surface area contributed by atoms with E-state index in [1.54, 1.807) is 12.1 Å². The van der Waals surface area contributed by atoms with E-state index in [9.17, 15) is 9.59 Å². The van der Waals surface area contributed by atoms with Crippen molar-refractivity contribution in [1.29, 1.82) is 0 Å².